The molecule has 0 aliphatic carbocycles. The summed E-state index contributed by atoms with van der Waals surface area (Å²) in [5.74, 6) is 0.944. The van der Waals surface area contributed by atoms with Crippen LogP contribution in [0.1, 0.15) is 13.8 Å². The maximum absolute atomic E-state index is 5.75. The molecule has 0 amide bonds. The van der Waals surface area contributed by atoms with E-state index in [-0.39, 0.29) is 6.10 Å². The van der Waals surface area contributed by atoms with Crippen LogP contribution in [-0.4, -0.2) is 19.2 Å². The van der Waals surface area contributed by atoms with Crippen molar-refractivity contribution < 1.29 is 4.74 Å². The van der Waals surface area contributed by atoms with Crippen molar-refractivity contribution >= 4 is 11.4 Å². The predicted molar refractivity (Wildman–Crippen MR) is 58.8 cm³/mol. The van der Waals surface area contributed by atoms with E-state index >= 15 is 0 Å². The van der Waals surface area contributed by atoms with Crippen molar-refractivity contribution in [2.24, 2.45) is 0 Å². The minimum atomic E-state index is 0.256. The van der Waals surface area contributed by atoms with E-state index in [4.69, 9.17) is 10.5 Å². The van der Waals surface area contributed by atoms with Gasteiger partial charge in [-0.2, -0.15) is 0 Å². The molecule has 0 saturated heterocycles. The van der Waals surface area contributed by atoms with Gasteiger partial charge in [0.15, 0.2) is 0 Å². The lowest BCUT2D eigenvalue weighted by Crippen LogP contribution is -2.38. The summed E-state index contributed by atoms with van der Waals surface area (Å²) in [6, 6.07) is 5.80. The normalized spacial score (nSPS) is 20.1. The highest BCUT2D eigenvalue weighted by Gasteiger charge is 2.21. The highest BCUT2D eigenvalue weighted by atomic mass is 16.5. The van der Waals surface area contributed by atoms with Crippen molar-refractivity contribution in [3.8, 4) is 5.75 Å². The Kier molecular flexibility index (Phi) is 2.23. The fourth-order valence-electron chi connectivity index (χ4n) is 1.84. The molecule has 1 aromatic carbocycles. The molecule has 1 unspecified atom stereocenters. The number of rotatable bonds is 1. The zero-order valence-corrected chi connectivity index (χ0v) is 8.66. The summed E-state index contributed by atoms with van der Waals surface area (Å²) in [4.78, 5) is 2.29. The maximum Gasteiger partial charge on any atom is 0.143 e. The zero-order chi connectivity index (χ0) is 10.1. The van der Waals surface area contributed by atoms with Gasteiger partial charge in [0.2, 0.25) is 0 Å². The molecule has 0 spiro atoms. The molecule has 1 heterocycles. The van der Waals surface area contributed by atoms with Gasteiger partial charge in [-0.1, -0.05) is 0 Å². The Bertz CT molecular complexity index is 338. The summed E-state index contributed by atoms with van der Waals surface area (Å²) in [6.07, 6.45) is 0.256. The molecule has 1 atom stereocenters. The second kappa shape index (κ2) is 3.40. The van der Waals surface area contributed by atoms with Crippen LogP contribution in [0, 0.1) is 0 Å². The Morgan fingerprint density at radius 2 is 2.36 bits per heavy atom. The van der Waals surface area contributed by atoms with E-state index in [0.717, 1.165) is 30.2 Å². The highest BCUT2D eigenvalue weighted by Crippen LogP contribution is 2.34. The third kappa shape index (κ3) is 1.50. The number of fused-ring (bicyclic) bond motifs is 1. The van der Waals surface area contributed by atoms with E-state index in [1.165, 1.54) is 0 Å². The van der Waals surface area contributed by atoms with Crippen LogP contribution in [0.2, 0.25) is 0 Å². The first kappa shape index (κ1) is 9.19. The first-order valence-electron chi connectivity index (χ1n) is 5.02. The number of anilines is 2. The fourth-order valence-corrected chi connectivity index (χ4v) is 1.84. The van der Waals surface area contributed by atoms with Gasteiger partial charge in [-0.05, 0) is 32.0 Å². The van der Waals surface area contributed by atoms with Crippen molar-refractivity contribution in [1.29, 1.82) is 0 Å². The number of nitrogens with two attached hydrogens (primary N) is 1. The molecule has 0 radical (unpaired) electrons. The molecule has 14 heavy (non-hydrogen) atoms. The summed E-state index contributed by atoms with van der Waals surface area (Å²) in [5, 5.41) is 0. The standard InChI is InChI=1S/C11H16N2O/c1-3-13-7-8(2)14-11-5-4-9(12)6-10(11)13/h4-6,8H,3,7,12H2,1-2H3. The van der Waals surface area contributed by atoms with Crippen molar-refractivity contribution in [3.05, 3.63) is 18.2 Å². The largest absolute Gasteiger partial charge is 0.487 e. The zero-order valence-electron chi connectivity index (χ0n) is 8.66. The number of ether oxygens (including phenoxy) is 1. The van der Waals surface area contributed by atoms with Crippen LogP contribution >= 0.6 is 0 Å². The molecular weight excluding hydrogens is 176 g/mol. The third-order valence-corrected chi connectivity index (χ3v) is 2.51. The smallest absolute Gasteiger partial charge is 0.143 e. The first-order chi connectivity index (χ1) is 6.70. The lowest BCUT2D eigenvalue weighted by atomic mass is 10.2. The molecule has 0 bridgehead atoms. The second-order valence-electron chi connectivity index (χ2n) is 3.69. The highest BCUT2D eigenvalue weighted by molar-refractivity contribution is 5.66. The Labute approximate surface area is 84.5 Å². The molecule has 2 N–H and O–H groups in total. The minimum Gasteiger partial charge on any atom is -0.487 e. The topological polar surface area (TPSA) is 38.5 Å². The minimum absolute atomic E-state index is 0.256. The molecule has 76 valence electrons. The van der Waals surface area contributed by atoms with E-state index in [1.807, 2.05) is 18.2 Å². The average Bonchev–Trinajstić information content (AvgIpc) is 2.17. The number of nitrogen functional groups attached to an aromatic ring is 1. The van der Waals surface area contributed by atoms with Crippen molar-refractivity contribution in [2.75, 3.05) is 23.7 Å². The summed E-state index contributed by atoms with van der Waals surface area (Å²) in [5.41, 5.74) is 7.66. The van der Waals surface area contributed by atoms with Gasteiger partial charge in [-0.3, -0.25) is 0 Å². The molecule has 0 aromatic heterocycles. The Morgan fingerprint density at radius 3 is 3.07 bits per heavy atom. The number of hydrogen-bond donors (Lipinski definition) is 1. The SMILES string of the molecule is CCN1CC(C)Oc2ccc(N)cc21. The summed E-state index contributed by atoms with van der Waals surface area (Å²) < 4.78 is 5.72. The van der Waals surface area contributed by atoms with Crippen LogP contribution in [0.15, 0.2) is 18.2 Å². The molecule has 0 fully saturated rings. The maximum atomic E-state index is 5.75. The summed E-state index contributed by atoms with van der Waals surface area (Å²) in [6.45, 7) is 6.16. The molecule has 3 heteroatoms. The molecule has 1 aliphatic heterocycles. The number of nitrogens with zero attached hydrogens (tertiary/aromatic N) is 1. The van der Waals surface area contributed by atoms with E-state index < -0.39 is 0 Å². The Morgan fingerprint density at radius 1 is 1.57 bits per heavy atom. The number of likely N-dealkylation sites (N-methyl/N-ethyl adjacent to an activating group) is 1. The van der Waals surface area contributed by atoms with E-state index in [0.29, 0.717) is 0 Å². The Hall–Kier alpha value is -1.38. The Balaban J connectivity index is 2.41. The molecule has 2 rings (SSSR count). The summed E-state index contributed by atoms with van der Waals surface area (Å²) >= 11 is 0. The average molecular weight is 192 g/mol. The molecule has 3 nitrogen and oxygen atoms in total. The molecule has 0 saturated carbocycles. The first-order valence-corrected chi connectivity index (χ1v) is 5.02. The second-order valence-corrected chi connectivity index (χ2v) is 3.69. The van der Waals surface area contributed by atoms with E-state index in [2.05, 4.69) is 18.7 Å². The summed E-state index contributed by atoms with van der Waals surface area (Å²) in [7, 11) is 0. The van der Waals surface area contributed by atoms with Crippen LogP contribution in [0.4, 0.5) is 11.4 Å². The van der Waals surface area contributed by atoms with Gasteiger partial charge >= 0.3 is 0 Å². The monoisotopic (exact) mass is 192 g/mol. The van der Waals surface area contributed by atoms with Crippen LogP contribution in [-0.2, 0) is 0 Å². The van der Waals surface area contributed by atoms with Crippen LogP contribution < -0.4 is 15.4 Å². The molecular formula is C11H16N2O. The third-order valence-electron chi connectivity index (χ3n) is 2.51. The lowest BCUT2D eigenvalue weighted by Gasteiger charge is -2.34. The number of hydrogen-bond acceptors (Lipinski definition) is 3. The van der Waals surface area contributed by atoms with Gasteiger partial charge in [-0.15, -0.1) is 0 Å². The van der Waals surface area contributed by atoms with Gasteiger partial charge in [0.05, 0.1) is 12.2 Å². The van der Waals surface area contributed by atoms with Gasteiger partial charge in [-0.25, -0.2) is 0 Å². The van der Waals surface area contributed by atoms with Crippen LogP contribution in [0.5, 0.6) is 5.75 Å². The molecule has 1 aromatic rings. The quantitative estimate of drug-likeness (QED) is 0.690. The van der Waals surface area contributed by atoms with Crippen LogP contribution in [0.3, 0.4) is 0 Å². The van der Waals surface area contributed by atoms with Crippen molar-refractivity contribution in [2.45, 2.75) is 20.0 Å². The molecule has 1 aliphatic rings. The van der Waals surface area contributed by atoms with Gasteiger partial charge in [0, 0.05) is 12.2 Å². The lowest BCUT2D eigenvalue weighted by molar-refractivity contribution is 0.213. The van der Waals surface area contributed by atoms with E-state index in [9.17, 15) is 0 Å². The van der Waals surface area contributed by atoms with Gasteiger partial charge < -0.3 is 15.4 Å². The van der Waals surface area contributed by atoms with Crippen molar-refractivity contribution in [3.63, 3.8) is 0 Å². The number of benzene rings is 1. The van der Waals surface area contributed by atoms with Crippen LogP contribution in [0.25, 0.3) is 0 Å². The van der Waals surface area contributed by atoms with Crippen molar-refractivity contribution in [1.82, 2.24) is 0 Å². The fraction of sp³-hybridized carbons (Fsp3) is 0.455. The van der Waals surface area contributed by atoms with Gasteiger partial charge in [0.1, 0.15) is 11.9 Å². The predicted octanol–water partition coefficient (Wildman–Crippen LogP) is 1.88. The van der Waals surface area contributed by atoms with Gasteiger partial charge in [0.25, 0.3) is 0 Å². The van der Waals surface area contributed by atoms with E-state index in [1.54, 1.807) is 0 Å².